The second-order valence-electron chi connectivity index (χ2n) is 6.77. The summed E-state index contributed by atoms with van der Waals surface area (Å²) in [7, 11) is 0. The van der Waals surface area contributed by atoms with Gasteiger partial charge in [0.25, 0.3) is 0 Å². The molecule has 0 unspecified atom stereocenters. The van der Waals surface area contributed by atoms with Crippen LogP contribution in [0, 0.1) is 18.3 Å². The summed E-state index contributed by atoms with van der Waals surface area (Å²) < 4.78 is 11.8. The van der Waals surface area contributed by atoms with Crippen LogP contribution < -0.4 is 4.90 Å². The number of nitrogens with zero attached hydrogens (tertiary/aromatic N) is 4. The lowest BCUT2D eigenvalue weighted by Gasteiger charge is -2.26. The third-order valence-electron chi connectivity index (χ3n) is 4.94. The number of pyridine rings is 1. The van der Waals surface area contributed by atoms with Gasteiger partial charge in [-0.25, -0.2) is 9.97 Å². The zero-order chi connectivity index (χ0) is 16.4. The highest BCUT2D eigenvalue weighted by molar-refractivity contribution is 5.33. The van der Waals surface area contributed by atoms with Crippen LogP contribution in [0.15, 0.2) is 36.7 Å². The lowest BCUT2D eigenvalue weighted by Crippen LogP contribution is -2.36. The quantitative estimate of drug-likeness (QED) is 0.836. The van der Waals surface area contributed by atoms with Crippen molar-refractivity contribution < 1.29 is 9.47 Å². The molecule has 2 atom stereocenters. The normalized spacial score (nSPS) is 25.9. The minimum Gasteiger partial charge on any atom is -0.380 e. The van der Waals surface area contributed by atoms with Gasteiger partial charge in [0.2, 0.25) is 5.95 Å². The number of aryl methyl sites for hydroxylation is 1. The Balaban J connectivity index is 1.41. The Kier molecular flexibility index (Phi) is 4.16. The maximum absolute atomic E-state index is 6.04. The zero-order valence-corrected chi connectivity index (χ0v) is 13.9. The summed E-state index contributed by atoms with van der Waals surface area (Å²) in [5.74, 6) is 1.26. The van der Waals surface area contributed by atoms with Crippen molar-refractivity contribution >= 4 is 5.95 Å². The Morgan fingerprint density at radius 1 is 1.29 bits per heavy atom. The highest BCUT2D eigenvalue weighted by Gasteiger charge is 2.51. The van der Waals surface area contributed by atoms with Crippen LogP contribution in [0.1, 0.15) is 11.4 Å². The van der Waals surface area contributed by atoms with E-state index >= 15 is 0 Å². The summed E-state index contributed by atoms with van der Waals surface area (Å²) in [5, 5.41) is 0. The first-order valence-corrected chi connectivity index (χ1v) is 8.35. The number of hydrogen-bond donors (Lipinski definition) is 0. The van der Waals surface area contributed by atoms with Gasteiger partial charge in [-0.2, -0.15) is 0 Å². The number of rotatable bonds is 5. The Bertz CT molecular complexity index is 696. The fourth-order valence-corrected chi connectivity index (χ4v) is 3.68. The summed E-state index contributed by atoms with van der Waals surface area (Å²) in [6.45, 7) is 6.54. The molecule has 2 aliphatic rings. The van der Waals surface area contributed by atoms with E-state index in [2.05, 4.69) is 19.9 Å². The van der Waals surface area contributed by atoms with E-state index in [0.717, 1.165) is 43.6 Å². The van der Waals surface area contributed by atoms with Crippen molar-refractivity contribution in [3.63, 3.8) is 0 Å². The fraction of sp³-hybridized carbons (Fsp3) is 0.500. The summed E-state index contributed by atoms with van der Waals surface area (Å²) in [6, 6.07) is 7.87. The highest BCUT2D eigenvalue weighted by atomic mass is 16.5. The molecule has 0 amide bonds. The molecule has 126 valence electrons. The van der Waals surface area contributed by atoms with Crippen LogP contribution in [-0.2, 0) is 16.1 Å². The van der Waals surface area contributed by atoms with Crippen LogP contribution >= 0.6 is 0 Å². The molecule has 4 heterocycles. The molecule has 4 rings (SSSR count). The van der Waals surface area contributed by atoms with Gasteiger partial charge in [-0.15, -0.1) is 0 Å². The molecule has 0 aliphatic carbocycles. The number of ether oxygens (including phenoxy) is 2. The number of aromatic nitrogens is 3. The van der Waals surface area contributed by atoms with E-state index in [4.69, 9.17) is 9.47 Å². The first kappa shape index (κ1) is 15.5. The lowest BCUT2D eigenvalue weighted by molar-refractivity contribution is 0.0250. The number of fused-ring (bicyclic) bond motifs is 1. The van der Waals surface area contributed by atoms with Crippen LogP contribution in [0.5, 0.6) is 0 Å². The molecule has 6 heteroatoms. The van der Waals surface area contributed by atoms with Crippen molar-refractivity contribution in [2.24, 2.45) is 11.3 Å². The number of anilines is 1. The third kappa shape index (κ3) is 2.99. The predicted molar refractivity (Wildman–Crippen MR) is 89.6 cm³/mol. The van der Waals surface area contributed by atoms with Crippen molar-refractivity contribution in [2.75, 3.05) is 37.8 Å². The molecule has 0 radical (unpaired) electrons. The maximum Gasteiger partial charge on any atom is 0.225 e. The van der Waals surface area contributed by atoms with Gasteiger partial charge in [0, 0.05) is 42.5 Å². The maximum atomic E-state index is 6.04. The Hall–Kier alpha value is -2.05. The molecule has 24 heavy (non-hydrogen) atoms. The number of hydrogen-bond acceptors (Lipinski definition) is 6. The van der Waals surface area contributed by atoms with Gasteiger partial charge in [-0.05, 0) is 25.1 Å². The van der Waals surface area contributed by atoms with E-state index in [0.29, 0.717) is 19.1 Å². The molecule has 6 nitrogen and oxygen atoms in total. The minimum absolute atomic E-state index is 0.0308. The summed E-state index contributed by atoms with van der Waals surface area (Å²) >= 11 is 0. The van der Waals surface area contributed by atoms with Crippen LogP contribution in [-0.4, -0.2) is 47.9 Å². The Labute approximate surface area is 141 Å². The van der Waals surface area contributed by atoms with Crippen LogP contribution in [0.4, 0.5) is 5.95 Å². The topological polar surface area (TPSA) is 60.4 Å². The average Bonchev–Trinajstić information content (AvgIpc) is 3.13. The van der Waals surface area contributed by atoms with E-state index < -0.39 is 0 Å². The molecule has 0 bridgehead atoms. The van der Waals surface area contributed by atoms with Crippen LogP contribution in [0.25, 0.3) is 0 Å². The Morgan fingerprint density at radius 3 is 3.00 bits per heavy atom. The largest absolute Gasteiger partial charge is 0.380 e. The molecule has 2 aromatic rings. The average molecular weight is 326 g/mol. The Morgan fingerprint density at radius 2 is 2.17 bits per heavy atom. The van der Waals surface area contributed by atoms with Gasteiger partial charge >= 0.3 is 0 Å². The van der Waals surface area contributed by atoms with Gasteiger partial charge in [-0.3, -0.25) is 4.98 Å². The smallest absolute Gasteiger partial charge is 0.225 e. The van der Waals surface area contributed by atoms with Crippen LogP contribution in [0.3, 0.4) is 0 Å². The van der Waals surface area contributed by atoms with E-state index in [-0.39, 0.29) is 5.41 Å². The molecule has 0 spiro atoms. The van der Waals surface area contributed by atoms with Gasteiger partial charge in [0.1, 0.15) is 0 Å². The van der Waals surface area contributed by atoms with Gasteiger partial charge in [0.15, 0.2) is 0 Å². The third-order valence-corrected chi connectivity index (χ3v) is 4.94. The summed E-state index contributed by atoms with van der Waals surface area (Å²) in [4.78, 5) is 15.5. The molecule has 0 saturated carbocycles. The first-order chi connectivity index (χ1) is 11.8. The molecular weight excluding hydrogens is 304 g/mol. The monoisotopic (exact) mass is 326 g/mol. The molecule has 2 saturated heterocycles. The van der Waals surface area contributed by atoms with Crippen molar-refractivity contribution in [3.8, 4) is 0 Å². The SMILES string of the molecule is Cc1cccc(COC[C@]23COC[C@H]2CN(c2ncccn2)C3)n1. The van der Waals surface area contributed by atoms with E-state index in [1.807, 2.05) is 31.2 Å². The van der Waals surface area contributed by atoms with Gasteiger partial charge < -0.3 is 14.4 Å². The van der Waals surface area contributed by atoms with Crippen molar-refractivity contribution in [3.05, 3.63) is 48.0 Å². The van der Waals surface area contributed by atoms with Gasteiger partial charge in [-0.1, -0.05) is 6.07 Å². The van der Waals surface area contributed by atoms with E-state index in [9.17, 15) is 0 Å². The van der Waals surface area contributed by atoms with E-state index in [1.54, 1.807) is 12.4 Å². The second kappa shape index (κ2) is 6.45. The standard InChI is InChI=1S/C18H22N4O2/c1-14-4-2-5-16(21-14)10-24-13-18-11-22(8-15(18)9-23-12-18)17-19-6-3-7-20-17/h2-7,15H,8-13H2,1H3/t15-,18+/m1/s1. The highest BCUT2D eigenvalue weighted by Crippen LogP contribution is 2.42. The molecule has 0 N–H and O–H groups in total. The molecule has 2 aliphatic heterocycles. The van der Waals surface area contributed by atoms with Crippen molar-refractivity contribution in [1.29, 1.82) is 0 Å². The van der Waals surface area contributed by atoms with Gasteiger partial charge in [0.05, 0.1) is 32.1 Å². The van der Waals surface area contributed by atoms with E-state index in [1.165, 1.54) is 0 Å². The fourth-order valence-electron chi connectivity index (χ4n) is 3.68. The molecular formula is C18H22N4O2. The van der Waals surface area contributed by atoms with Crippen molar-refractivity contribution in [2.45, 2.75) is 13.5 Å². The lowest BCUT2D eigenvalue weighted by atomic mass is 9.82. The summed E-state index contributed by atoms with van der Waals surface area (Å²) in [6.07, 6.45) is 3.58. The molecule has 0 aromatic carbocycles. The minimum atomic E-state index is 0.0308. The molecule has 2 fully saturated rings. The van der Waals surface area contributed by atoms with Crippen molar-refractivity contribution in [1.82, 2.24) is 15.0 Å². The first-order valence-electron chi connectivity index (χ1n) is 8.35. The molecule has 2 aromatic heterocycles. The van der Waals surface area contributed by atoms with Crippen LogP contribution in [0.2, 0.25) is 0 Å². The zero-order valence-electron chi connectivity index (χ0n) is 13.9. The second-order valence-corrected chi connectivity index (χ2v) is 6.77. The summed E-state index contributed by atoms with van der Waals surface area (Å²) in [5.41, 5.74) is 2.02. The predicted octanol–water partition coefficient (Wildman–Crippen LogP) is 1.85.